The zero-order chi connectivity index (χ0) is 33.0. The lowest BCUT2D eigenvalue weighted by Gasteiger charge is -2.26. The van der Waals surface area contributed by atoms with Crippen molar-refractivity contribution in [2.45, 2.75) is 0 Å². The molecule has 0 aliphatic carbocycles. The van der Waals surface area contributed by atoms with E-state index in [-0.39, 0.29) is 0 Å². The maximum absolute atomic E-state index is 6.53. The molecule has 9 aromatic carbocycles. The van der Waals surface area contributed by atoms with Gasteiger partial charge in [0, 0.05) is 33.2 Å². The van der Waals surface area contributed by atoms with Crippen molar-refractivity contribution >= 4 is 71.3 Å². The number of nitrogens with zero attached hydrogens (tertiary/aromatic N) is 1. The van der Waals surface area contributed by atoms with Gasteiger partial charge < -0.3 is 9.32 Å². The Morgan fingerprint density at radius 1 is 0.340 bits per heavy atom. The van der Waals surface area contributed by atoms with E-state index in [0.29, 0.717) is 0 Å². The quantitative estimate of drug-likeness (QED) is 0.175. The van der Waals surface area contributed by atoms with Crippen LogP contribution >= 0.6 is 0 Å². The molecule has 0 fully saturated rings. The zero-order valence-electron chi connectivity index (χ0n) is 27.3. The van der Waals surface area contributed by atoms with Crippen LogP contribution in [0.1, 0.15) is 0 Å². The predicted molar refractivity (Wildman–Crippen MR) is 212 cm³/mol. The summed E-state index contributed by atoms with van der Waals surface area (Å²) >= 11 is 0. The molecule has 50 heavy (non-hydrogen) atoms. The average molecular weight is 638 g/mol. The first kappa shape index (κ1) is 28.4. The van der Waals surface area contributed by atoms with Crippen molar-refractivity contribution in [3.63, 3.8) is 0 Å². The van der Waals surface area contributed by atoms with Crippen molar-refractivity contribution in [1.82, 2.24) is 0 Å². The third-order valence-electron chi connectivity index (χ3n) is 10.0. The molecule has 0 unspecified atom stereocenters. The number of hydrogen-bond donors (Lipinski definition) is 0. The Morgan fingerprint density at radius 3 is 1.80 bits per heavy atom. The second-order valence-corrected chi connectivity index (χ2v) is 12.9. The topological polar surface area (TPSA) is 16.4 Å². The van der Waals surface area contributed by atoms with E-state index in [9.17, 15) is 0 Å². The molecule has 234 valence electrons. The third kappa shape index (κ3) is 4.57. The Hall–Kier alpha value is -6.64. The van der Waals surface area contributed by atoms with E-state index in [1.165, 1.54) is 38.1 Å². The van der Waals surface area contributed by atoms with Gasteiger partial charge in [-0.05, 0) is 97.7 Å². The Bertz CT molecular complexity index is 2870. The molecule has 0 aliphatic rings. The molecule has 0 saturated carbocycles. The molecule has 0 atom stereocenters. The number of anilines is 3. The summed E-state index contributed by atoms with van der Waals surface area (Å²) in [5.74, 6) is 0. The Labute approximate surface area is 290 Å². The van der Waals surface area contributed by atoms with Crippen molar-refractivity contribution in [2.24, 2.45) is 0 Å². The van der Waals surface area contributed by atoms with Crippen LogP contribution in [0.15, 0.2) is 192 Å². The molecule has 0 bridgehead atoms. The Morgan fingerprint density at radius 2 is 0.960 bits per heavy atom. The maximum Gasteiger partial charge on any atom is 0.143 e. The van der Waals surface area contributed by atoms with E-state index in [2.05, 4.69) is 193 Å². The molecule has 0 aliphatic heterocycles. The zero-order valence-corrected chi connectivity index (χ0v) is 27.3. The smallest absolute Gasteiger partial charge is 0.143 e. The van der Waals surface area contributed by atoms with Gasteiger partial charge in [-0.3, -0.25) is 0 Å². The number of hydrogen-bond acceptors (Lipinski definition) is 2. The average Bonchev–Trinajstić information content (AvgIpc) is 3.58. The Balaban J connectivity index is 1.09. The van der Waals surface area contributed by atoms with Crippen LogP contribution in [0.3, 0.4) is 0 Å². The van der Waals surface area contributed by atoms with Crippen LogP contribution in [0.4, 0.5) is 17.1 Å². The summed E-state index contributed by atoms with van der Waals surface area (Å²) in [5, 5.41) is 9.68. The van der Waals surface area contributed by atoms with Crippen molar-refractivity contribution in [1.29, 1.82) is 0 Å². The van der Waals surface area contributed by atoms with Crippen LogP contribution < -0.4 is 4.90 Å². The molecular formula is C48H31NO. The van der Waals surface area contributed by atoms with Crippen LogP contribution in [0.5, 0.6) is 0 Å². The van der Waals surface area contributed by atoms with Gasteiger partial charge >= 0.3 is 0 Å². The van der Waals surface area contributed by atoms with Gasteiger partial charge in [-0.2, -0.15) is 0 Å². The highest BCUT2D eigenvalue weighted by molar-refractivity contribution is 6.19. The fourth-order valence-corrected chi connectivity index (χ4v) is 7.71. The minimum absolute atomic E-state index is 0.899. The highest BCUT2D eigenvalue weighted by Crippen LogP contribution is 2.42. The van der Waals surface area contributed by atoms with Gasteiger partial charge in [0.2, 0.25) is 0 Å². The molecule has 2 heteroatoms. The molecule has 0 amide bonds. The largest absolute Gasteiger partial charge is 0.455 e. The summed E-state index contributed by atoms with van der Waals surface area (Å²) in [6.45, 7) is 0. The number of fused-ring (bicyclic) bond motifs is 8. The van der Waals surface area contributed by atoms with Gasteiger partial charge in [-0.1, -0.05) is 140 Å². The van der Waals surface area contributed by atoms with Gasteiger partial charge in [0.25, 0.3) is 0 Å². The molecule has 10 rings (SSSR count). The molecule has 0 saturated heterocycles. The highest BCUT2D eigenvalue weighted by Gasteiger charge is 2.18. The minimum Gasteiger partial charge on any atom is -0.455 e. The summed E-state index contributed by atoms with van der Waals surface area (Å²) in [4.78, 5) is 2.34. The summed E-state index contributed by atoms with van der Waals surface area (Å²) in [6, 6.07) is 67.4. The summed E-state index contributed by atoms with van der Waals surface area (Å²) in [7, 11) is 0. The highest BCUT2D eigenvalue weighted by atomic mass is 16.3. The molecular weight excluding hydrogens is 607 g/mol. The molecule has 0 spiro atoms. The lowest BCUT2D eigenvalue weighted by molar-refractivity contribution is 0.673. The summed E-state index contributed by atoms with van der Waals surface area (Å²) < 4.78 is 6.53. The number of furan rings is 1. The van der Waals surface area contributed by atoms with Gasteiger partial charge in [0.05, 0.1) is 0 Å². The Kier molecular flexibility index (Phi) is 6.53. The van der Waals surface area contributed by atoms with Crippen molar-refractivity contribution in [3.05, 3.63) is 188 Å². The number of benzene rings is 9. The molecule has 1 aromatic heterocycles. The summed E-state index contributed by atoms with van der Waals surface area (Å²) in [6.07, 6.45) is 0. The van der Waals surface area contributed by atoms with Crippen molar-refractivity contribution in [3.8, 4) is 22.3 Å². The van der Waals surface area contributed by atoms with Gasteiger partial charge in [0.15, 0.2) is 0 Å². The fraction of sp³-hybridized carbons (Fsp3) is 0. The lowest BCUT2D eigenvalue weighted by Crippen LogP contribution is -2.09. The van der Waals surface area contributed by atoms with Crippen molar-refractivity contribution < 1.29 is 4.42 Å². The molecule has 1 heterocycles. The number of para-hydroxylation sites is 1. The van der Waals surface area contributed by atoms with Crippen LogP contribution in [0, 0.1) is 0 Å². The first-order valence-electron chi connectivity index (χ1n) is 17.1. The van der Waals surface area contributed by atoms with E-state index in [0.717, 1.165) is 55.5 Å². The maximum atomic E-state index is 6.53. The first-order valence-corrected chi connectivity index (χ1v) is 17.1. The van der Waals surface area contributed by atoms with E-state index in [1.807, 2.05) is 0 Å². The monoisotopic (exact) mass is 637 g/mol. The molecule has 0 radical (unpaired) electrons. The van der Waals surface area contributed by atoms with E-state index in [1.54, 1.807) is 0 Å². The second kappa shape index (κ2) is 11.5. The summed E-state index contributed by atoms with van der Waals surface area (Å²) in [5.41, 5.74) is 9.86. The van der Waals surface area contributed by atoms with E-state index < -0.39 is 0 Å². The van der Waals surface area contributed by atoms with Crippen LogP contribution in [0.25, 0.3) is 76.5 Å². The van der Waals surface area contributed by atoms with E-state index in [4.69, 9.17) is 4.42 Å². The minimum atomic E-state index is 0.899. The second-order valence-electron chi connectivity index (χ2n) is 12.9. The van der Waals surface area contributed by atoms with Gasteiger partial charge in [-0.15, -0.1) is 0 Å². The van der Waals surface area contributed by atoms with Crippen LogP contribution in [-0.2, 0) is 0 Å². The normalized spacial score (nSPS) is 11.6. The van der Waals surface area contributed by atoms with Gasteiger partial charge in [0.1, 0.15) is 11.2 Å². The van der Waals surface area contributed by atoms with Crippen LogP contribution in [-0.4, -0.2) is 0 Å². The standard InChI is InChI=1S/C48H31NO/c1-2-14-36(15-3-1)49(37-27-23-34(24-28-37)40-19-9-21-43-39-17-6-4-11-32(39)25-29-44(40)43)38-16-8-13-35(31-38)41-20-10-22-46-47(41)45-30-26-33-12-5-7-18-42(33)48(45)50-46/h1-31H. The van der Waals surface area contributed by atoms with E-state index >= 15 is 0 Å². The molecule has 0 N–H and O–H groups in total. The third-order valence-corrected chi connectivity index (χ3v) is 10.0. The lowest BCUT2D eigenvalue weighted by atomic mass is 9.94. The van der Waals surface area contributed by atoms with Crippen molar-refractivity contribution in [2.75, 3.05) is 4.90 Å². The number of rotatable bonds is 5. The fourth-order valence-electron chi connectivity index (χ4n) is 7.71. The SMILES string of the molecule is c1ccc(N(c2ccc(-c3cccc4c3ccc3ccccc34)cc2)c2cccc(-c3cccc4oc5c6ccccc6ccc5c34)c2)cc1. The molecule has 10 aromatic rings. The predicted octanol–water partition coefficient (Wildman–Crippen LogP) is 13.8. The van der Waals surface area contributed by atoms with Gasteiger partial charge in [-0.25, -0.2) is 0 Å². The van der Waals surface area contributed by atoms with Crippen LogP contribution in [0.2, 0.25) is 0 Å². The molecule has 2 nitrogen and oxygen atoms in total. The first-order chi connectivity index (χ1) is 24.8.